The van der Waals surface area contributed by atoms with E-state index in [9.17, 15) is 4.79 Å². The van der Waals surface area contributed by atoms with Gasteiger partial charge >= 0.3 is 0 Å². The molecule has 1 fully saturated rings. The number of carbonyl (C=O) groups is 1. The number of amides is 1. The average molecular weight is 349 g/mol. The quantitative estimate of drug-likeness (QED) is 0.903. The molecule has 8 heteroatoms. The maximum atomic E-state index is 12.6. The molecule has 0 unspecified atom stereocenters. The monoisotopic (exact) mass is 348 g/mol. The molecule has 0 radical (unpaired) electrons. The van der Waals surface area contributed by atoms with Crippen LogP contribution in [-0.2, 0) is 13.6 Å². The maximum Gasteiger partial charge on any atom is 0.270 e. The maximum absolute atomic E-state index is 12.6. The summed E-state index contributed by atoms with van der Waals surface area (Å²) in [6.07, 6.45) is 4.32. The summed E-state index contributed by atoms with van der Waals surface area (Å²) in [4.78, 5) is 25.1. The molecule has 0 aromatic carbocycles. The second-order valence-corrected chi connectivity index (χ2v) is 6.60. The van der Waals surface area contributed by atoms with Crippen molar-refractivity contribution in [2.75, 3.05) is 25.9 Å². The summed E-state index contributed by atoms with van der Waals surface area (Å²) in [6, 6.07) is 3.65. The number of aryl methyl sites for hydroxylation is 1. The number of carbonyl (C=O) groups excluding carboxylic acids is 1. The van der Waals surface area contributed by atoms with Crippen LogP contribution in [0.4, 0.5) is 5.82 Å². The van der Waals surface area contributed by atoms with Gasteiger partial charge in [-0.3, -0.25) is 9.69 Å². The number of anilines is 1. The van der Waals surface area contributed by atoms with Gasteiger partial charge in [-0.25, -0.2) is 9.97 Å². The summed E-state index contributed by atoms with van der Waals surface area (Å²) in [5.74, 6) is 1.18. The Labute approximate surface area is 146 Å². The van der Waals surface area contributed by atoms with E-state index in [0.717, 1.165) is 13.0 Å². The number of likely N-dealkylation sites (N-methyl/N-ethyl adjacent to an activating group) is 1. The highest BCUT2D eigenvalue weighted by Gasteiger charge is 2.30. The Morgan fingerprint density at radius 3 is 3.00 bits per heavy atom. The summed E-state index contributed by atoms with van der Waals surface area (Å²) in [5.41, 5.74) is 6.31. The lowest BCUT2D eigenvalue weighted by Crippen LogP contribution is -2.37. The summed E-state index contributed by atoms with van der Waals surface area (Å²) in [6.45, 7) is 2.02. The second kappa shape index (κ2) is 6.78. The number of halogens is 1. The molecule has 0 aliphatic carbocycles. The third-order valence-electron chi connectivity index (χ3n) is 4.38. The minimum Gasteiger partial charge on any atom is -0.384 e. The van der Waals surface area contributed by atoms with Crippen LogP contribution >= 0.6 is 11.6 Å². The summed E-state index contributed by atoms with van der Waals surface area (Å²) in [5, 5.41) is 0.576. The van der Waals surface area contributed by atoms with E-state index in [-0.39, 0.29) is 11.9 Å². The van der Waals surface area contributed by atoms with Crippen molar-refractivity contribution in [3.8, 4) is 0 Å². The minimum absolute atomic E-state index is 0.0144. The molecular weight excluding hydrogens is 328 g/mol. The lowest BCUT2D eigenvalue weighted by molar-refractivity contribution is 0.0770. The molecule has 2 aromatic rings. The van der Waals surface area contributed by atoms with E-state index in [4.69, 9.17) is 17.3 Å². The van der Waals surface area contributed by atoms with Crippen LogP contribution in [0.15, 0.2) is 24.5 Å². The van der Waals surface area contributed by atoms with Gasteiger partial charge in [0.1, 0.15) is 17.3 Å². The smallest absolute Gasteiger partial charge is 0.270 e. The minimum atomic E-state index is 0.0144. The van der Waals surface area contributed by atoms with Crippen molar-refractivity contribution in [3.63, 3.8) is 0 Å². The fourth-order valence-corrected chi connectivity index (χ4v) is 3.28. The molecule has 2 aromatic heterocycles. The van der Waals surface area contributed by atoms with Crippen LogP contribution in [0.25, 0.3) is 0 Å². The molecule has 0 spiro atoms. The largest absolute Gasteiger partial charge is 0.384 e. The zero-order chi connectivity index (χ0) is 17.3. The Hall–Kier alpha value is -2.12. The molecule has 0 bridgehead atoms. The van der Waals surface area contributed by atoms with Crippen LogP contribution in [0.1, 0.15) is 22.7 Å². The molecule has 3 rings (SSSR count). The third kappa shape index (κ3) is 3.52. The van der Waals surface area contributed by atoms with Gasteiger partial charge in [-0.05, 0) is 25.6 Å². The Balaban J connectivity index is 1.62. The van der Waals surface area contributed by atoms with Gasteiger partial charge in [0.25, 0.3) is 5.91 Å². The molecule has 3 heterocycles. The molecule has 1 atom stereocenters. The van der Waals surface area contributed by atoms with Gasteiger partial charge in [0.2, 0.25) is 0 Å². The van der Waals surface area contributed by atoms with E-state index in [2.05, 4.69) is 14.9 Å². The zero-order valence-corrected chi connectivity index (χ0v) is 14.6. The first kappa shape index (κ1) is 16.7. The molecule has 128 valence electrons. The average Bonchev–Trinajstić information content (AvgIpc) is 3.13. The Bertz CT molecular complexity index is 746. The van der Waals surface area contributed by atoms with Gasteiger partial charge in [-0.15, -0.1) is 0 Å². The Morgan fingerprint density at radius 2 is 2.33 bits per heavy atom. The molecule has 1 amide bonds. The van der Waals surface area contributed by atoms with Crippen LogP contribution in [0.3, 0.4) is 0 Å². The normalized spacial score (nSPS) is 17.7. The second-order valence-electron chi connectivity index (χ2n) is 6.16. The van der Waals surface area contributed by atoms with Crippen LogP contribution in [0.5, 0.6) is 0 Å². The third-order valence-corrected chi connectivity index (χ3v) is 4.59. The predicted molar refractivity (Wildman–Crippen MR) is 92.6 cm³/mol. The summed E-state index contributed by atoms with van der Waals surface area (Å²) >= 11 is 5.97. The van der Waals surface area contributed by atoms with Gasteiger partial charge in [0.05, 0.1) is 11.6 Å². The highest BCUT2D eigenvalue weighted by molar-refractivity contribution is 6.31. The van der Waals surface area contributed by atoms with Crippen molar-refractivity contribution >= 4 is 23.3 Å². The molecular formula is C16H21ClN6O. The van der Waals surface area contributed by atoms with E-state index in [1.165, 1.54) is 0 Å². The number of hydrogen-bond acceptors (Lipinski definition) is 5. The molecule has 1 saturated heterocycles. The topological polar surface area (TPSA) is 80.3 Å². The van der Waals surface area contributed by atoms with E-state index < -0.39 is 0 Å². The van der Waals surface area contributed by atoms with Gasteiger partial charge in [0, 0.05) is 38.6 Å². The van der Waals surface area contributed by atoms with Crippen molar-refractivity contribution in [2.24, 2.45) is 7.05 Å². The van der Waals surface area contributed by atoms with Gasteiger partial charge in [-0.2, -0.15) is 0 Å². The first-order chi connectivity index (χ1) is 11.4. The summed E-state index contributed by atoms with van der Waals surface area (Å²) in [7, 11) is 3.85. The first-order valence-electron chi connectivity index (χ1n) is 7.83. The fourth-order valence-electron chi connectivity index (χ4n) is 3.03. The van der Waals surface area contributed by atoms with Crippen LogP contribution in [0.2, 0.25) is 5.02 Å². The van der Waals surface area contributed by atoms with Crippen LogP contribution in [0, 0.1) is 0 Å². The summed E-state index contributed by atoms with van der Waals surface area (Å²) < 4.78 is 1.77. The first-order valence-corrected chi connectivity index (χ1v) is 8.20. The van der Waals surface area contributed by atoms with Crippen molar-refractivity contribution in [3.05, 3.63) is 41.1 Å². The molecule has 2 N–H and O–H groups in total. The van der Waals surface area contributed by atoms with Gasteiger partial charge < -0.3 is 15.2 Å². The standard InChI is InChI=1S/C16H21ClN6O/c1-21(10-15-19-5-3-14(18)20-15)12-4-6-23(9-12)16(24)13-7-11(17)8-22(13)2/h3,5,7-8,12H,4,6,9-10H2,1-2H3,(H2,18,19,20)/t12-/m0/s1. The Morgan fingerprint density at radius 1 is 1.54 bits per heavy atom. The molecule has 0 saturated carbocycles. The van der Waals surface area contributed by atoms with E-state index in [0.29, 0.717) is 35.4 Å². The van der Waals surface area contributed by atoms with E-state index in [1.807, 2.05) is 19.0 Å². The van der Waals surface area contributed by atoms with Crippen molar-refractivity contribution in [2.45, 2.75) is 19.0 Å². The van der Waals surface area contributed by atoms with Crippen molar-refractivity contribution in [1.29, 1.82) is 0 Å². The number of rotatable bonds is 4. The highest BCUT2D eigenvalue weighted by atomic mass is 35.5. The van der Waals surface area contributed by atoms with Gasteiger partial charge in [-0.1, -0.05) is 11.6 Å². The van der Waals surface area contributed by atoms with Crippen LogP contribution < -0.4 is 5.73 Å². The molecule has 1 aliphatic heterocycles. The van der Waals surface area contributed by atoms with Crippen molar-refractivity contribution in [1.82, 2.24) is 24.3 Å². The van der Waals surface area contributed by atoms with Crippen LogP contribution in [-0.4, -0.2) is 56.4 Å². The number of nitrogens with two attached hydrogens (primary N) is 1. The SMILES string of the molecule is CN(Cc1nccc(N)n1)[C@H]1CCN(C(=O)c2cc(Cl)cn2C)C1. The van der Waals surface area contributed by atoms with Crippen molar-refractivity contribution < 1.29 is 4.79 Å². The molecule has 24 heavy (non-hydrogen) atoms. The highest BCUT2D eigenvalue weighted by Crippen LogP contribution is 2.20. The lowest BCUT2D eigenvalue weighted by Gasteiger charge is -2.24. The predicted octanol–water partition coefficient (Wildman–Crippen LogP) is 1.40. The number of nitrogen functional groups attached to an aromatic ring is 1. The molecule has 7 nitrogen and oxygen atoms in total. The van der Waals surface area contributed by atoms with E-state index >= 15 is 0 Å². The number of likely N-dealkylation sites (tertiary alicyclic amines) is 1. The fraction of sp³-hybridized carbons (Fsp3) is 0.438. The number of nitrogens with zero attached hydrogens (tertiary/aromatic N) is 5. The Kier molecular flexibility index (Phi) is 4.73. The number of hydrogen-bond donors (Lipinski definition) is 1. The lowest BCUT2D eigenvalue weighted by atomic mass is 10.2. The number of aromatic nitrogens is 3. The zero-order valence-electron chi connectivity index (χ0n) is 13.8. The molecule has 1 aliphatic rings. The van der Waals surface area contributed by atoms with Gasteiger partial charge in [0.15, 0.2) is 0 Å². The van der Waals surface area contributed by atoms with E-state index in [1.54, 1.807) is 29.1 Å².